The van der Waals surface area contributed by atoms with Gasteiger partial charge < -0.3 is 15.0 Å². The number of ether oxygens (including phenoxy) is 1. The van der Waals surface area contributed by atoms with Crippen LogP contribution in [-0.2, 0) is 6.42 Å². The first-order valence-electron chi connectivity index (χ1n) is 6.52. The first-order valence-corrected chi connectivity index (χ1v) is 6.52. The van der Waals surface area contributed by atoms with Crippen LogP contribution in [0.15, 0.2) is 24.3 Å². The van der Waals surface area contributed by atoms with Crippen molar-refractivity contribution >= 4 is 6.03 Å². The van der Waals surface area contributed by atoms with Crippen molar-refractivity contribution in [2.24, 2.45) is 0 Å². The van der Waals surface area contributed by atoms with Gasteiger partial charge in [-0.25, -0.2) is 4.79 Å². The summed E-state index contributed by atoms with van der Waals surface area (Å²) in [4.78, 5) is 13.6. The molecule has 2 rings (SSSR count). The van der Waals surface area contributed by atoms with Gasteiger partial charge in [-0.05, 0) is 25.5 Å². The Morgan fingerprint density at radius 2 is 2.11 bits per heavy atom. The molecule has 4 heteroatoms. The summed E-state index contributed by atoms with van der Waals surface area (Å²) in [5.41, 5.74) is 1.22. The van der Waals surface area contributed by atoms with E-state index in [1.54, 1.807) is 4.90 Å². The second-order valence-electron chi connectivity index (χ2n) is 4.41. The van der Waals surface area contributed by atoms with E-state index in [1.165, 1.54) is 5.56 Å². The largest absolute Gasteiger partial charge is 0.488 e. The minimum absolute atomic E-state index is 0.0143. The van der Waals surface area contributed by atoms with Crippen molar-refractivity contribution in [3.05, 3.63) is 29.8 Å². The number of benzene rings is 1. The van der Waals surface area contributed by atoms with Gasteiger partial charge in [-0.15, -0.1) is 0 Å². The number of carbonyl (C=O) groups is 1. The molecule has 18 heavy (non-hydrogen) atoms. The summed E-state index contributed by atoms with van der Waals surface area (Å²) in [6.07, 6.45) is 0.927. The standard InChI is InChI=1S/C14H20N2O2/c1-3-16(4-2)14(17)15-10-12-9-11-7-5-6-8-13(11)18-12/h5-8,12H,3-4,9-10H2,1-2H3,(H,15,17). The number of rotatable bonds is 4. The van der Waals surface area contributed by atoms with E-state index in [-0.39, 0.29) is 12.1 Å². The lowest BCUT2D eigenvalue weighted by Crippen LogP contribution is -2.43. The van der Waals surface area contributed by atoms with E-state index in [2.05, 4.69) is 11.4 Å². The molecular formula is C14H20N2O2. The molecule has 1 atom stereocenters. The normalized spacial score (nSPS) is 16.9. The zero-order chi connectivity index (χ0) is 13.0. The van der Waals surface area contributed by atoms with E-state index in [1.807, 2.05) is 32.0 Å². The molecule has 0 saturated carbocycles. The van der Waals surface area contributed by atoms with Crippen LogP contribution in [0.3, 0.4) is 0 Å². The molecule has 0 radical (unpaired) electrons. The predicted molar refractivity (Wildman–Crippen MR) is 70.9 cm³/mol. The van der Waals surface area contributed by atoms with Gasteiger partial charge in [0.15, 0.2) is 0 Å². The van der Waals surface area contributed by atoms with Crippen molar-refractivity contribution in [2.75, 3.05) is 19.6 Å². The van der Waals surface area contributed by atoms with E-state index >= 15 is 0 Å². The Balaban J connectivity index is 1.82. The Morgan fingerprint density at radius 3 is 2.78 bits per heavy atom. The molecule has 98 valence electrons. The molecule has 0 aliphatic carbocycles. The van der Waals surface area contributed by atoms with Crippen LogP contribution >= 0.6 is 0 Å². The number of amides is 2. The smallest absolute Gasteiger partial charge is 0.317 e. The monoisotopic (exact) mass is 248 g/mol. The van der Waals surface area contributed by atoms with Crippen molar-refractivity contribution in [2.45, 2.75) is 26.4 Å². The average Bonchev–Trinajstić information content (AvgIpc) is 2.80. The summed E-state index contributed by atoms with van der Waals surface area (Å²) in [6.45, 7) is 5.97. The summed E-state index contributed by atoms with van der Waals surface area (Å²) in [5, 5.41) is 2.92. The average molecular weight is 248 g/mol. The Hall–Kier alpha value is -1.71. The van der Waals surface area contributed by atoms with E-state index in [4.69, 9.17) is 4.74 Å². The lowest BCUT2D eigenvalue weighted by Gasteiger charge is -2.20. The Kier molecular flexibility index (Phi) is 4.07. The highest BCUT2D eigenvalue weighted by atomic mass is 16.5. The van der Waals surface area contributed by atoms with E-state index in [9.17, 15) is 4.79 Å². The lowest BCUT2D eigenvalue weighted by atomic mass is 10.1. The molecule has 1 aromatic rings. The van der Waals surface area contributed by atoms with Gasteiger partial charge in [-0.2, -0.15) is 0 Å². The molecule has 0 spiro atoms. The molecule has 1 unspecified atom stereocenters. The first-order chi connectivity index (χ1) is 8.74. The van der Waals surface area contributed by atoms with Crippen LogP contribution in [0.5, 0.6) is 5.75 Å². The topological polar surface area (TPSA) is 41.6 Å². The molecule has 4 nitrogen and oxygen atoms in total. The van der Waals surface area contributed by atoms with Gasteiger partial charge in [0.2, 0.25) is 0 Å². The first kappa shape index (κ1) is 12.7. The van der Waals surface area contributed by atoms with Gasteiger partial charge in [-0.1, -0.05) is 18.2 Å². The van der Waals surface area contributed by atoms with Crippen LogP contribution in [0.2, 0.25) is 0 Å². The van der Waals surface area contributed by atoms with Crippen LogP contribution in [0.1, 0.15) is 19.4 Å². The molecule has 0 aromatic heterocycles. The fraction of sp³-hybridized carbons (Fsp3) is 0.500. The van der Waals surface area contributed by atoms with E-state index in [0.717, 1.165) is 25.3 Å². The molecule has 1 heterocycles. The zero-order valence-corrected chi connectivity index (χ0v) is 11.0. The third-order valence-electron chi connectivity index (χ3n) is 3.25. The molecule has 1 aliphatic heterocycles. The SMILES string of the molecule is CCN(CC)C(=O)NCC1Cc2ccccc2O1. The van der Waals surface area contributed by atoms with Crippen LogP contribution < -0.4 is 10.1 Å². The van der Waals surface area contributed by atoms with Crippen molar-refractivity contribution < 1.29 is 9.53 Å². The fourth-order valence-electron chi connectivity index (χ4n) is 2.19. The highest BCUT2D eigenvalue weighted by Crippen LogP contribution is 2.27. The number of nitrogens with zero attached hydrogens (tertiary/aromatic N) is 1. The Labute approximate surface area is 108 Å². The van der Waals surface area contributed by atoms with Crippen LogP contribution in [-0.4, -0.2) is 36.7 Å². The van der Waals surface area contributed by atoms with Crippen molar-refractivity contribution in [1.82, 2.24) is 10.2 Å². The zero-order valence-electron chi connectivity index (χ0n) is 11.0. The molecule has 2 amide bonds. The number of nitrogens with one attached hydrogen (secondary N) is 1. The number of para-hydroxylation sites is 1. The minimum Gasteiger partial charge on any atom is -0.488 e. The molecular weight excluding hydrogens is 228 g/mol. The molecule has 0 fully saturated rings. The molecule has 1 N–H and O–H groups in total. The maximum absolute atomic E-state index is 11.8. The minimum atomic E-state index is -0.0143. The number of carbonyl (C=O) groups excluding carboxylic acids is 1. The third-order valence-corrected chi connectivity index (χ3v) is 3.25. The number of hydrogen-bond donors (Lipinski definition) is 1. The van der Waals surface area contributed by atoms with Gasteiger partial charge in [0.05, 0.1) is 6.54 Å². The third kappa shape index (κ3) is 2.75. The summed E-state index contributed by atoms with van der Waals surface area (Å²) in [5.74, 6) is 0.944. The maximum atomic E-state index is 11.8. The van der Waals surface area contributed by atoms with Gasteiger partial charge in [0.25, 0.3) is 0 Å². The maximum Gasteiger partial charge on any atom is 0.317 e. The van der Waals surface area contributed by atoms with E-state index < -0.39 is 0 Å². The summed E-state index contributed by atoms with van der Waals surface area (Å²) < 4.78 is 5.77. The highest BCUT2D eigenvalue weighted by molar-refractivity contribution is 5.74. The van der Waals surface area contributed by atoms with E-state index in [0.29, 0.717) is 6.54 Å². The van der Waals surface area contributed by atoms with Gasteiger partial charge in [0, 0.05) is 19.5 Å². The lowest BCUT2D eigenvalue weighted by molar-refractivity contribution is 0.188. The summed E-state index contributed by atoms with van der Waals surface area (Å²) in [7, 11) is 0. The van der Waals surface area contributed by atoms with Gasteiger partial charge in [-0.3, -0.25) is 0 Å². The summed E-state index contributed by atoms with van der Waals surface area (Å²) >= 11 is 0. The molecule has 0 bridgehead atoms. The number of hydrogen-bond acceptors (Lipinski definition) is 2. The second-order valence-corrected chi connectivity index (χ2v) is 4.41. The quantitative estimate of drug-likeness (QED) is 0.886. The second kappa shape index (κ2) is 5.76. The number of fused-ring (bicyclic) bond motifs is 1. The molecule has 1 aliphatic rings. The van der Waals surface area contributed by atoms with Gasteiger partial charge in [0.1, 0.15) is 11.9 Å². The van der Waals surface area contributed by atoms with Crippen molar-refractivity contribution in [3.8, 4) is 5.75 Å². The Morgan fingerprint density at radius 1 is 1.39 bits per heavy atom. The van der Waals surface area contributed by atoms with Crippen LogP contribution in [0.4, 0.5) is 4.79 Å². The van der Waals surface area contributed by atoms with Crippen LogP contribution in [0.25, 0.3) is 0 Å². The summed E-state index contributed by atoms with van der Waals surface area (Å²) in [6, 6.07) is 8.01. The fourth-order valence-corrected chi connectivity index (χ4v) is 2.19. The number of urea groups is 1. The van der Waals surface area contributed by atoms with Crippen LogP contribution in [0, 0.1) is 0 Å². The Bertz CT molecular complexity index is 391. The van der Waals surface area contributed by atoms with Crippen molar-refractivity contribution in [1.29, 1.82) is 0 Å². The molecule has 0 saturated heterocycles. The van der Waals surface area contributed by atoms with Crippen molar-refractivity contribution in [3.63, 3.8) is 0 Å². The predicted octanol–water partition coefficient (Wildman–Crippen LogP) is 2.04. The molecule has 1 aromatic carbocycles. The van der Waals surface area contributed by atoms with Gasteiger partial charge >= 0.3 is 6.03 Å². The highest BCUT2D eigenvalue weighted by Gasteiger charge is 2.23.